The topological polar surface area (TPSA) is 247 Å². The summed E-state index contributed by atoms with van der Waals surface area (Å²) in [7, 11) is 0. The average molecular weight is 1060 g/mol. The molecule has 72 heavy (non-hydrogen) atoms. The number of hydrogen-bond acceptors (Lipinski definition) is 18. The van der Waals surface area contributed by atoms with Crippen LogP contribution >= 0.6 is 27.5 Å². The molecule has 0 unspecified atom stereocenters. The van der Waals surface area contributed by atoms with E-state index in [0.717, 1.165) is 21.2 Å². The van der Waals surface area contributed by atoms with E-state index in [1.54, 1.807) is 86.0 Å². The second-order valence-corrected chi connectivity index (χ2v) is 14.9. The van der Waals surface area contributed by atoms with E-state index in [-0.39, 0.29) is 25.6 Å². The number of nitrogens with zero attached hydrogens (tertiary/aromatic N) is 8. The fraction of sp³-hybridized carbons (Fsp3) is 0.154. The van der Waals surface area contributed by atoms with Crippen molar-refractivity contribution in [2.24, 2.45) is 0 Å². The van der Waals surface area contributed by atoms with Crippen LogP contribution in [-0.2, 0) is 0 Å². The number of halogens is 2. The van der Waals surface area contributed by atoms with Gasteiger partial charge in [-0.1, -0.05) is 24.3 Å². The molecule has 10 rings (SSSR count). The number of fused-ring (bicyclic) bond motifs is 2. The van der Waals surface area contributed by atoms with Crippen LogP contribution in [-0.4, -0.2) is 112 Å². The quantitative estimate of drug-likeness (QED) is 0.0450. The molecule has 0 fully saturated rings. The number of aliphatic hydroxyl groups is 3. The molecule has 8 aromatic heterocycles. The van der Waals surface area contributed by atoms with Crippen molar-refractivity contribution >= 4 is 49.7 Å². The number of phenols is 1. The Labute approximate surface area is 427 Å². The molecule has 10 aromatic rings. The van der Waals surface area contributed by atoms with Gasteiger partial charge in [0.15, 0.2) is 11.2 Å². The summed E-state index contributed by atoms with van der Waals surface area (Å²) in [6, 6.07) is 39.9. The van der Waals surface area contributed by atoms with Crippen molar-refractivity contribution < 1.29 is 48.2 Å². The first kappa shape index (κ1) is 54.9. The van der Waals surface area contributed by atoms with E-state index in [1.165, 1.54) is 0 Å². The van der Waals surface area contributed by atoms with Crippen LogP contribution < -0.4 is 18.9 Å². The van der Waals surface area contributed by atoms with Gasteiger partial charge in [0, 0.05) is 79.9 Å². The zero-order valence-corrected chi connectivity index (χ0v) is 40.9. The van der Waals surface area contributed by atoms with E-state index >= 15 is 0 Å². The normalized spacial score (nSPS) is 9.96. The first-order valence-electron chi connectivity index (χ1n) is 21.9. The van der Waals surface area contributed by atoms with Gasteiger partial charge in [-0.25, -0.2) is 29.9 Å². The van der Waals surface area contributed by atoms with Crippen molar-refractivity contribution in [3.05, 3.63) is 188 Å². The molecular weight excluding hydrogens is 1010 g/mol. The fourth-order valence-electron chi connectivity index (χ4n) is 5.38. The lowest BCUT2D eigenvalue weighted by Gasteiger charge is -2.07. The number of ether oxygens (including phenoxy) is 4. The molecule has 20 heteroatoms. The highest BCUT2D eigenvalue weighted by molar-refractivity contribution is 9.10. The van der Waals surface area contributed by atoms with Crippen LogP contribution in [0.4, 0.5) is 0 Å². The molecule has 0 atom stereocenters. The van der Waals surface area contributed by atoms with E-state index in [2.05, 4.69) is 55.8 Å². The number of alkyl halides is 1. The predicted molar refractivity (Wildman–Crippen MR) is 275 cm³/mol. The standard InChI is InChI=1S/C19H15N3O3.C12H8N2O2.C7H8ClNO.C7H9NO2.C5H4BrN.C2H6O2/c1-2-9-21-18(5-1)24-11-10-23-15-6-7-17-16(12-15)22-19(25-17)14-4-3-8-20-13-14;15-9-3-4-11-10(6-9)14-12(16-11)8-2-1-5-13-7-8;8-4-6-10-7-3-1-2-5-9-7;9-5-6-10-7-3-1-2-4-8-7;6-5-3-1-2-4-7-5;3-1-2-4/h1-9,12-13H,10-11H2;1-7,15H;1-3,5H,4,6H2;1-4,9H,5-6H2;1-4H;3-4H,1-2H2. The van der Waals surface area contributed by atoms with Crippen LogP contribution in [0.1, 0.15) is 0 Å². The van der Waals surface area contributed by atoms with Crippen molar-refractivity contribution in [1.29, 1.82) is 0 Å². The minimum atomic E-state index is -0.125. The number of phenolic OH excluding ortho intramolecular Hbond substituents is 1. The number of aliphatic hydroxyl groups excluding tert-OH is 3. The summed E-state index contributed by atoms with van der Waals surface area (Å²) in [5, 5.41) is 32.9. The summed E-state index contributed by atoms with van der Waals surface area (Å²) in [6.45, 7) is 1.41. The summed E-state index contributed by atoms with van der Waals surface area (Å²) in [4.78, 5) is 32.7. The van der Waals surface area contributed by atoms with Crippen molar-refractivity contribution in [2.45, 2.75) is 0 Å². The number of benzene rings is 2. The van der Waals surface area contributed by atoms with Crippen LogP contribution in [0.15, 0.2) is 196 Å². The SMILES string of the molecule is Brc1ccccn1.ClCCOc1ccccn1.OCCO.OCCOc1ccccn1.Oc1ccc2oc(-c3cccnc3)nc2c1.c1ccc(OCCOc2ccc3oc(-c4cccnc4)nc3c2)nc1. The molecule has 2 aromatic carbocycles. The summed E-state index contributed by atoms with van der Waals surface area (Å²) < 4.78 is 33.5. The van der Waals surface area contributed by atoms with Gasteiger partial charge in [-0.05, 0) is 94.8 Å². The molecular formula is C52H50BrClN8O10. The van der Waals surface area contributed by atoms with Crippen molar-refractivity contribution in [3.8, 4) is 52.0 Å². The third-order valence-corrected chi connectivity index (χ3v) is 9.08. The second-order valence-electron chi connectivity index (χ2n) is 13.7. The Hall–Kier alpha value is -8.07. The van der Waals surface area contributed by atoms with E-state index in [0.29, 0.717) is 84.2 Å². The predicted octanol–water partition coefficient (Wildman–Crippen LogP) is 9.31. The highest BCUT2D eigenvalue weighted by atomic mass is 79.9. The van der Waals surface area contributed by atoms with Crippen molar-refractivity contribution in [1.82, 2.24) is 39.9 Å². The van der Waals surface area contributed by atoms with Crippen molar-refractivity contribution in [3.63, 3.8) is 0 Å². The minimum Gasteiger partial charge on any atom is -0.508 e. The fourth-order valence-corrected chi connectivity index (χ4v) is 5.72. The molecule has 8 heterocycles. The van der Waals surface area contributed by atoms with Crippen LogP contribution in [0, 0.1) is 0 Å². The van der Waals surface area contributed by atoms with Crippen LogP contribution in [0.25, 0.3) is 45.1 Å². The Morgan fingerprint density at radius 3 is 1.39 bits per heavy atom. The number of aromatic hydroxyl groups is 1. The smallest absolute Gasteiger partial charge is 0.228 e. The van der Waals surface area contributed by atoms with E-state index < -0.39 is 0 Å². The first-order chi connectivity index (χ1) is 35.4. The van der Waals surface area contributed by atoms with E-state index in [4.69, 9.17) is 54.7 Å². The molecule has 0 amide bonds. The third-order valence-electron chi connectivity index (χ3n) is 8.46. The number of oxazole rings is 2. The zero-order valence-electron chi connectivity index (χ0n) is 38.5. The summed E-state index contributed by atoms with van der Waals surface area (Å²) >= 11 is 8.60. The lowest BCUT2D eigenvalue weighted by Crippen LogP contribution is -2.09. The third kappa shape index (κ3) is 20.5. The molecule has 0 aliphatic rings. The van der Waals surface area contributed by atoms with Gasteiger partial charge in [0.2, 0.25) is 29.4 Å². The Balaban J connectivity index is 0.000000176. The Kier molecular flexibility index (Phi) is 24.9. The average Bonchev–Trinajstić information content (AvgIpc) is 4.08. The molecule has 0 spiro atoms. The van der Waals surface area contributed by atoms with Gasteiger partial charge in [-0.3, -0.25) is 9.97 Å². The number of pyridine rings is 6. The second kappa shape index (κ2) is 32.7. The highest BCUT2D eigenvalue weighted by Gasteiger charge is 2.10. The van der Waals surface area contributed by atoms with E-state index in [9.17, 15) is 5.11 Å². The van der Waals surface area contributed by atoms with Gasteiger partial charge in [0.05, 0.1) is 36.8 Å². The number of rotatable bonds is 14. The van der Waals surface area contributed by atoms with Crippen molar-refractivity contribution in [2.75, 3.05) is 52.1 Å². The minimum absolute atomic E-state index is 0.0244. The van der Waals surface area contributed by atoms with E-state index in [1.807, 2.05) is 97.1 Å². The zero-order chi connectivity index (χ0) is 50.9. The maximum atomic E-state index is 9.32. The molecule has 0 aliphatic carbocycles. The molecule has 0 aliphatic heterocycles. The summed E-state index contributed by atoms with van der Waals surface area (Å²) in [5.41, 5.74) is 4.39. The molecule has 4 N–H and O–H groups in total. The molecule has 0 radical (unpaired) electrons. The molecule has 18 nitrogen and oxygen atoms in total. The Morgan fingerprint density at radius 1 is 0.472 bits per heavy atom. The largest absolute Gasteiger partial charge is 0.508 e. The lowest BCUT2D eigenvalue weighted by molar-refractivity contribution is 0.186. The number of hydrogen-bond donors (Lipinski definition) is 4. The summed E-state index contributed by atoms with van der Waals surface area (Å²) in [5.74, 6) is 4.20. The van der Waals surface area contributed by atoms with Gasteiger partial charge in [-0.15, -0.1) is 11.6 Å². The summed E-state index contributed by atoms with van der Waals surface area (Å²) in [6.07, 6.45) is 13.6. The van der Waals surface area contributed by atoms with Crippen LogP contribution in [0.2, 0.25) is 0 Å². The highest BCUT2D eigenvalue weighted by Crippen LogP contribution is 2.27. The number of aromatic nitrogens is 8. The van der Waals surface area contributed by atoms with Crippen LogP contribution in [0.3, 0.4) is 0 Å². The van der Waals surface area contributed by atoms with Gasteiger partial charge in [-0.2, -0.15) is 0 Å². The van der Waals surface area contributed by atoms with Gasteiger partial charge >= 0.3 is 0 Å². The Bertz CT molecular complexity index is 2910. The maximum absolute atomic E-state index is 9.32. The molecule has 0 saturated heterocycles. The monoisotopic (exact) mass is 1060 g/mol. The van der Waals surface area contributed by atoms with Gasteiger partial charge < -0.3 is 48.2 Å². The van der Waals surface area contributed by atoms with Crippen LogP contribution in [0.5, 0.6) is 29.1 Å². The Morgan fingerprint density at radius 2 is 0.958 bits per heavy atom. The first-order valence-corrected chi connectivity index (χ1v) is 23.2. The molecule has 372 valence electrons. The maximum Gasteiger partial charge on any atom is 0.228 e. The van der Waals surface area contributed by atoms with Gasteiger partial charge in [0.1, 0.15) is 53.6 Å². The van der Waals surface area contributed by atoms with Gasteiger partial charge in [0.25, 0.3) is 0 Å². The molecule has 0 bridgehead atoms. The molecule has 0 saturated carbocycles. The lowest BCUT2D eigenvalue weighted by atomic mass is 10.3.